The van der Waals surface area contributed by atoms with Crippen molar-refractivity contribution in [1.82, 2.24) is 0 Å². The third-order valence-corrected chi connectivity index (χ3v) is 7.08. The van der Waals surface area contributed by atoms with Crippen LogP contribution in [-0.2, 0) is 16.2 Å². The number of alkyl halides is 3. The molecule has 0 unspecified atom stereocenters. The summed E-state index contributed by atoms with van der Waals surface area (Å²) in [5.74, 6) is 0.499. The Balaban J connectivity index is 1.84. The van der Waals surface area contributed by atoms with Crippen LogP contribution in [-0.4, -0.2) is 34.7 Å². The number of sulfonamides is 1. The molecule has 0 bridgehead atoms. The van der Waals surface area contributed by atoms with Gasteiger partial charge in [0.15, 0.2) is 0 Å². The average molecular weight is 412 g/mol. The van der Waals surface area contributed by atoms with Crippen LogP contribution in [0.2, 0.25) is 0 Å². The lowest BCUT2D eigenvalue weighted by atomic mass is 10.1. The first-order valence-electron chi connectivity index (χ1n) is 8.86. The van der Waals surface area contributed by atoms with E-state index in [0.29, 0.717) is 18.0 Å². The Labute approximate surface area is 161 Å². The zero-order chi connectivity index (χ0) is 20.1. The van der Waals surface area contributed by atoms with E-state index in [4.69, 9.17) is 4.74 Å². The molecule has 28 heavy (non-hydrogen) atoms. The lowest BCUT2D eigenvalue weighted by Crippen LogP contribution is -2.48. The number of fused-ring (bicyclic) bond motifs is 3. The first-order valence-corrected chi connectivity index (χ1v) is 10.3. The molecule has 2 aliphatic rings. The number of halogens is 3. The predicted molar refractivity (Wildman–Crippen MR) is 99.3 cm³/mol. The second kappa shape index (κ2) is 6.58. The van der Waals surface area contributed by atoms with E-state index >= 15 is 0 Å². The second-order valence-electron chi connectivity index (χ2n) is 6.90. The van der Waals surface area contributed by atoms with Crippen LogP contribution in [0.1, 0.15) is 18.4 Å². The van der Waals surface area contributed by atoms with E-state index in [1.165, 1.54) is 37.4 Å². The SMILES string of the molecule is COc1ccc(S(=O)(=O)N2C[C@@H]3CCCN3c3ccc(C(F)(F)F)cc32)cc1. The number of rotatable bonds is 3. The summed E-state index contributed by atoms with van der Waals surface area (Å²) in [4.78, 5) is 2.03. The van der Waals surface area contributed by atoms with Crippen LogP contribution in [0.25, 0.3) is 0 Å². The fraction of sp³-hybridized carbons (Fsp3) is 0.368. The first-order chi connectivity index (χ1) is 13.2. The van der Waals surface area contributed by atoms with Crippen LogP contribution in [0.5, 0.6) is 5.75 Å². The number of benzene rings is 2. The summed E-state index contributed by atoms with van der Waals surface area (Å²) in [7, 11) is -2.55. The van der Waals surface area contributed by atoms with Crippen LogP contribution in [0, 0.1) is 0 Å². The molecule has 1 atom stereocenters. The zero-order valence-electron chi connectivity index (χ0n) is 15.1. The van der Waals surface area contributed by atoms with Gasteiger partial charge in [0.1, 0.15) is 5.75 Å². The predicted octanol–water partition coefficient (Wildman–Crippen LogP) is 3.89. The summed E-state index contributed by atoms with van der Waals surface area (Å²) < 4.78 is 72.5. The van der Waals surface area contributed by atoms with Gasteiger partial charge in [0.05, 0.1) is 35.5 Å². The normalized spacial score (nSPS) is 19.4. The van der Waals surface area contributed by atoms with Crippen molar-refractivity contribution in [3.8, 4) is 5.75 Å². The minimum atomic E-state index is -4.55. The Bertz CT molecular complexity index is 990. The minimum Gasteiger partial charge on any atom is -0.497 e. The van der Waals surface area contributed by atoms with E-state index in [9.17, 15) is 21.6 Å². The molecule has 0 spiro atoms. The monoisotopic (exact) mass is 412 g/mol. The Morgan fingerprint density at radius 3 is 2.43 bits per heavy atom. The number of hydrogen-bond acceptors (Lipinski definition) is 4. The van der Waals surface area contributed by atoms with Crippen molar-refractivity contribution in [2.45, 2.75) is 30.0 Å². The van der Waals surface area contributed by atoms with Gasteiger partial charge in [0, 0.05) is 12.6 Å². The van der Waals surface area contributed by atoms with Crippen LogP contribution < -0.4 is 13.9 Å². The lowest BCUT2D eigenvalue weighted by Gasteiger charge is -2.40. The van der Waals surface area contributed by atoms with Gasteiger partial charge in [-0.3, -0.25) is 4.31 Å². The highest BCUT2D eigenvalue weighted by Crippen LogP contribution is 2.44. The van der Waals surface area contributed by atoms with Crippen molar-refractivity contribution in [3.05, 3.63) is 48.0 Å². The van der Waals surface area contributed by atoms with Gasteiger partial charge in [-0.15, -0.1) is 0 Å². The van der Waals surface area contributed by atoms with Crippen molar-refractivity contribution in [2.24, 2.45) is 0 Å². The van der Waals surface area contributed by atoms with Crippen molar-refractivity contribution in [1.29, 1.82) is 0 Å². The third-order valence-electron chi connectivity index (χ3n) is 5.28. The number of ether oxygens (including phenoxy) is 1. The summed E-state index contributed by atoms with van der Waals surface area (Å²) in [5, 5.41) is 0. The molecule has 2 aromatic rings. The smallest absolute Gasteiger partial charge is 0.416 e. The summed E-state index contributed by atoms with van der Waals surface area (Å²) in [6.45, 7) is 0.835. The number of methoxy groups -OCH3 is 1. The van der Waals surface area contributed by atoms with Gasteiger partial charge < -0.3 is 9.64 Å². The maximum absolute atomic E-state index is 13.3. The Hall–Kier alpha value is -2.42. The topological polar surface area (TPSA) is 49.9 Å². The number of nitrogens with zero attached hydrogens (tertiary/aromatic N) is 2. The van der Waals surface area contributed by atoms with Gasteiger partial charge in [0.2, 0.25) is 0 Å². The van der Waals surface area contributed by atoms with Gasteiger partial charge in [-0.1, -0.05) is 0 Å². The molecule has 5 nitrogen and oxygen atoms in total. The molecule has 2 heterocycles. The van der Waals surface area contributed by atoms with Crippen molar-refractivity contribution in [2.75, 3.05) is 29.4 Å². The summed E-state index contributed by atoms with van der Waals surface area (Å²) in [6, 6.07) is 9.13. The maximum atomic E-state index is 13.3. The van der Waals surface area contributed by atoms with Crippen molar-refractivity contribution >= 4 is 21.4 Å². The van der Waals surface area contributed by atoms with Crippen molar-refractivity contribution < 1.29 is 26.3 Å². The molecule has 150 valence electrons. The molecule has 1 fully saturated rings. The second-order valence-corrected chi connectivity index (χ2v) is 8.76. The van der Waals surface area contributed by atoms with E-state index < -0.39 is 21.8 Å². The van der Waals surface area contributed by atoms with E-state index in [-0.39, 0.29) is 23.2 Å². The standard InChI is InChI=1S/C19H19F3N2O3S/c1-27-15-5-7-16(8-6-15)28(25,26)24-12-14-3-2-10-23(14)17-9-4-13(11-18(17)24)19(20,21)22/h4-9,11,14H,2-3,10,12H2,1H3/t14-/m0/s1. The molecule has 9 heteroatoms. The van der Waals surface area contributed by atoms with Gasteiger partial charge in [0.25, 0.3) is 10.0 Å². The minimum absolute atomic E-state index is 0.0168. The molecule has 4 rings (SSSR count). The molecule has 0 radical (unpaired) electrons. The van der Waals surface area contributed by atoms with E-state index in [2.05, 4.69) is 0 Å². The molecule has 1 saturated heterocycles. The highest BCUT2D eigenvalue weighted by Gasteiger charge is 2.41. The van der Waals surface area contributed by atoms with Crippen LogP contribution in [0.4, 0.5) is 24.5 Å². The fourth-order valence-corrected chi connectivity index (χ4v) is 5.39. The van der Waals surface area contributed by atoms with Gasteiger partial charge >= 0.3 is 6.18 Å². The number of hydrogen-bond donors (Lipinski definition) is 0. The number of anilines is 2. The Morgan fingerprint density at radius 1 is 1.07 bits per heavy atom. The van der Waals surface area contributed by atoms with Crippen LogP contribution in [0.15, 0.2) is 47.4 Å². The molecule has 2 aromatic carbocycles. The van der Waals surface area contributed by atoms with E-state index in [1.807, 2.05) is 4.90 Å². The quantitative estimate of drug-likeness (QED) is 0.768. The van der Waals surface area contributed by atoms with Crippen molar-refractivity contribution in [3.63, 3.8) is 0 Å². The van der Waals surface area contributed by atoms with E-state index in [0.717, 1.165) is 29.3 Å². The highest BCUT2D eigenvalue weighted by atomic mass is 32.2. The summed E-state index contributed by atoms with van der Waals surface area (Å²) in [5.41, 5.74) is -0.263. The molecule has 2 aliphatic heterocycles. The van der Waals surface area contributed by atoms with Crippen LogP contribution >= 0.6 is 0 Å². The van der Waals surface area contributed by atoms with Crippen LogP contribution in [0.3, 0.4) is 0 Å². The molecule has 0 N–H and O–H groups in total. The molecular weight excluding hydrogens is 393 g/mol. The Kier molecular flexibility index (Phi) is 4.45. The summed E-state index contributed by atoms with van der Waals surface area (Å²) in [6.07, 6.45) is -2.87. The zero-order valence-corrected chi connectivity index (χ0v) is 15.9. The largest absolute Gasteiger partial charge is 0.497 e. The molecule has 0 saturated carbocycles. The van der Waals surface area contributed by atoms with Gasteiger partial charge in [-0.25, -0.2) is 8.42 Å². The third kappa shape index (κ3) is 3.07. The maximum Gasteiger partial charge on any atom is 0.416 e. The fourth-order valence-electron chi connectivity index (χ4n) is 3.88. The highest BCUT2D eigenvalue weighted by molar-refractivity contribution is 7.92. The molecule has 0 aliphatic carbocycles. The summed E-state index contributed by atoms with van der Waals surface area (Å²) >= 11 is 0. The van der Waals surface area contributed by atoms with E-state index in [1.54, 1.807) is 0 Å². The van der Waals surface area contributed by atoms with Gasteiger partial charge in [-0.05, 0) is 55.3 Å². The molecule has 0 amide bonds. The first kappa shape index (κ1) is 18.9. The lowest BCUT2D eigenvalue weighted by molar-refractivity contribution is -0.137. The molecule has 0 aromatic heterocycles. The molecular formula is C19H19F3N2O3S. The van der Waals surface area contributed by atoms with Gasteiger partial charge in [-0.2, -0.15) is 13.2 Å². The average Bonchev–Trinajstić information content (AvgIpc) is 3.15. The Morgan fingerprint density at radius 2 is 1.79 bits per heavy atom.